The Labute approximate surface area is 122 Å². The van der Waals surface area contributed by atoms with E-state index in [9.17, 15) is 9.59 Å². The Kier molecular flexibility index (Phi) is 2.68. The van der Waals surface area contributed by atoms with E-state index in [-0.39, 0.29) is 11.8 Å². The standard InChI is InChI=1S/C15H18N4O2/c16-14-11-3-1-9(7-12(11)17-15(14)21)18-5-6-19-10(8-18)2-4-13(19)20/h1,3,7,10,14H,2,4-6,8,16H2,(H,17,21). The molecule has 4 rings (SSSR count). The molecule has 0 bridgehead atoms. The fraction of sp³-hybridized carbons (Fsp3) is 0.467. The van der Waals surface area contributed by atoms with Gasteiger partial charge in [-0.25, -0.2) is 0 Å². The van der Waals surface area contributed by atoms with Crippen molar-refractivity contribution >= 4 is 23.2 Å². The highest BCUT2D eigenvalue weighted by atomic mass is 16.2. The highest BCUT2D eigenvalue weighted by Gasteiger charge is 2.36. The van der Waals surface area contributed by atoms with Gasteiger partial charge in [0.25, 0.3) is 0 Å². The molecule has 3 aliphatic heterocycles. The Balaban J connectivity index is 1.57. The first-order chi connectivity index (χ1) is 10.1. The number of nitrogens with one attached hydrogen (secondary N) is 1. The van der Waals surface area contributed by atoms with Gasteiger partial charge in [-0.05, 0) is 18.6 Å². The average Bonchev–Trinajstić information content (AvgIpc) is 3.00. The first-order valence-electron chi connectivity index (χ1n) is 7.38. The molecule has 3 aliphatic rings. The van der Waals surface area contributed by atoms with Crippen LogP contribution >= 0.6 is 0 Å². The molecule has 0 aliphatic carbocycles. The second-order valence-electron chi connectivity index (χ2n) is 5.96. The monoisotopic (exact) mass is 286 g/mol. The fourth-order valence-corrected chi connectivity index (χ4v) is 3.57. The normalized spacial score (nSPS) is 27.7. The number of benzene rings is 1. The molecule has 21 heavy (non-hydrogen) atoms. The van der Waals surface area contributed by atoms with Crippen molar-refractivity contribution < 1.29 is 9.59 Å². The summed E-state index contributed by atoms with van der Waals surface area (Å²) in [5.74, 6) is 0.139. The number of carbonyl (C=O) groups excluding carboxylic acids is 2. The van der Waals surface area contributed by atoms with Gasteiger partial charge in [0.2, 0.25) is 11.8 Å². The number of fused-ring (bicyclic) bond motifs is 2. The molecular formula is C15H18N4O2. The van der Waals surface area contributed by atoms with Crippen molar-refractivity contribution in [3.63, 3.8) is 0 Å². The molecule has 3 N–H and O–H groups in total. The van der Waals surface area contributed by atoms with Crippen molar-refractivity contribution in [1.82, 2.24) is 4.90 Å². The lowest BCUT2D eigenvalue weighted by Gasteiger charge is -2.39. The Morgan fingerprint density at radius 3 is 2.95 bits per heavy atom. The minimum absolute atomic E-state index is 0.145. The maximum Gasteiger partial charge on any atom is 0.245 e. The van der Waals surface area contributed by atoms with Crippen molar-refractivity contribution in [2.75, 3.05) is 29.9 Å². The smallest absolute Gasteiger partial charge is 0.245 e. The number of anilines is 2. The molecule has 1 aromatic carbocycles. The zero-order chi connectivity index (χ0) is 14.6. The summed E-state index contributed by atoms with van der Waals surface area (Å²) in [5, 5.41) is 2.82. The lowest BCUT2D eigenvalue weighted by molar-refractivity contribution is -0.129. The highest BCUT2D eigenvalue weighted by molar-refractivity contribution is 6.03. The second-order valence-corrected chi connectivity index (χ2v) is 5.96. The van der Waals surface area contributed by atoms with E-state index in [1.807, 2.05) is 23.1 Å². The third kappa shape index (κ3) is 1.90. The van der Waals surface area contributed by atoms with E-state index in [0.717, 1.165) is 43.0 Å². The van der Waals surface area contributed by atoms with E-state index in [1.54, 1.807) is 0 Å². The largest absolute Gasteiger partial charge is 0.368 e. The molecule has 2 saturated heterocycles. The van der Waals surface area contributed by atoms with Crippen LogP contribution in [0.1, 0.15) is 24.4 Å². The van der Waals surface area contributed by atoms with Crippen LogP contribution in [0.25, 0.3) is 0 Å². The summed E-state index contributed by atoms with van der Waals surface area (Å²) < 4.78 is 0. The van der Waals surface area contributed by atoms with Crippen LogP contribution in [0.2, 0.25) is 0 Å². The number of nitrogens with two attached hydrogens (primary N) is 1. The maximum atomic E-state index is 11.7. The Morgan fingerprint density at radius 1 is 1.24 bits per heavy atom. The molecule has 2 atom stereocenters. The van der Waals surface area contributed by atoms with Crippen LogP contribution in [0.15, 0.2) is 18.2 Å². The average molecular weight is 286 g/mol. The van der Waals surface area contributed by atoms with Gasteiger partial charge in [0, 0.05) is 49.0 Å². The number of amides is 2. The van der Waals surface area contributed by atoms with Gasteiger partial charge in [0.1, 0.15) is 6.04 Å². The van der Waals surface area contributed by atoms with Crippen molar-refractivity contribution in [2.24, 2.45) is 5.73 Å². The molecule has 0 aromatic heterocycles. The van der Waals surface area contributed by atoms with Crippen LogP contribution < -0.4 is 16.0 Å². The van der Waals surface area contributed by atoms with E-state index in [4.69, 9.17) is 5.73 Å². The minimum Gasteiger partial charge on any atom is -0.368 e. The van der Waals surface area contributed by atoms with Crippen molar-refractivity contribution in [2.45, 2.75) is 24.9 Å². The van der Waals surface area contributed by atoms with Gasteiger partial charge in [-0.15, -0.1) is 0 Å². The SMILES string of the molecule is NC1C(=O)Nc2cc(N3CCN4C(=O)CCC4C3)ccc21. The number of hydrogen-bond acceptors (Lipinski definition) is 4. The van der Waals surface area contributed by atoms with Crippen molar-refractivity contribution in [1.29, 1.82) is 0 Å². The predicted octanol–water partition coefficient (Wildman–Crippen LogP) is 0.449. The molecule has 6 heteroatoms. The zero-order valence-corrected chi connectivity index (χ0v) is 11.7. The van der Waals surface area contributed by atoms with Gasteiger partial charge in [-0.1, -0.05) is 6.07 Å². The summed E-state index contributed by atoms with van der Waals surface area (Å²) in [7, 11) is 0. The second kappa shape index (κ2) is 4.46. The summed E-state index contributed by atoms with van der Waals surface area (Å²) in [6, 6.07) is 5.71. The van der Waals surface area contributed by atoms with E-state index in [0.29, 0.717) is 12.5 Å². The Hall–Kier alpha value is -2.08. The zero-order valence-electron chi connectivity index (χ0n) is 11.7. The van der Waals surface area contributed by atoms with E-state index in [2.05, 4.69) is 10.2 Å². The van der Waals surface area contributed by atoms with Gasteiger partial charge < -0.3 is 20.9 Å². The first-order valence-corrected chi connectivity index (χ1v) is 7.38. The number of piperazine rings is 1. The number of hydrogen-bond donors (Lipinski definition) is 2. The van der Waals surface area contributed by atoms with Gasteiger partial charge in [-0.2, -0.15) is 0 Å². The third-order valence-electron chi connectivity index (χ3n) is 4.77. The van der Waals surface area contributed by atoms with Crippen LogP contribution in [0, 0.1) is 0 Å². The molecule has 2 amide bonds. The van der Waals surface area contributed by atoms with Crippen LogP contribution in [0.3, 0.4) is 0 Å². The van der Waals surface area contributed by atoms with E-state index >= 15 is 0 Å². The lowest BCUT2D eigenvalue weighted by Crippen LogP contribution is -2.51. The summed E-state index contributed by atoms with van der Waals surface area (Å²) in [6.45, 7) is 2.48. The summed E-state index contributed by atoms with van der Waals surface area (Å²) in [4.78, 5) is 27.6. The Morgan fingerprint density at radius 2 is 2.10 bits per heavy atom. The minimum atomic E-state index is -0.557. The molecule has 0 radical (unpaired) electrons. The van der Waals surface area contributed by atoms with Crippen LogP contribution in [0.5, 0.6) is 0 Å². The van der Waals surface area contributed by atoms with Gasteiger partial charge in [0.05, 0.1) is 0 Å². The quantitative estimate of drug-likeness (QED) is 0.785. The summed E-state index contributed by atoms with van der Waals surface area (Å²) >= 11 is 0. The number of nitrogens with zero attached hydrogens (tertiary/aromatic N) is 2. The van der Waals surface area contributed by atoms with E-state index in [1.165, 1.54) is 0 Å². The molecule has 0 spiro atoms. The van der Waals surface area contributed by atoms with Gasteiger partial charge in [0.15, 0.2) is 0 Å². The van der Waals surface area contributed by atoms with Crippen LogP contribution in [-0.2, 0) is 9.59 Å². The van der Waals surface area contributed by atoms with Crippen LogP contribution in [0.4, 0.5) is 11.4 Å². The number of rotatable bonds is 1. The molecule has 6 nitrogen and oxygen atoms in total. The molecular weight excluding hydrogens is 268 g/mol. The van der Waals surface area contributed by atoms with E-state index < -0.39 is 6.04 Å². The van der Waals surface area contributed by atoms with Crippen molar-refractivity contribution in [3.05, 3.63) is 23.8 Å². The summed E-state index contributed by atoms with van der Waals surface area (Å²) in [6.07, 6.45) is 1.62. The molecule has 110 valence electrons. The molecule has 2 unspecified atom stereocenters. The lowest BCUT2D eigenvalue weighted by atomic mass is 10.1. The molecule has 2 fully saturated rings. The fourth-order valence-electron chi connectivity index (χ4n) is 3.57. The topological polar surface area (TPSA) is 78.7 Å². The highest BCUT2D eigenvalue weighted by Crippen LogP contribution is 2.34. The maximum absolute atomic E-state index is 11.7. The summed E-state index contributed by atoms with van der Waals surface area (Å²) in [5.41, 5.74) is 8.59. The van der Waals surface area contributed by atoms with Gasteiger partial charge in [-0.3, -0.25) is 9.59 Å². The third-order valence-corrected chi connectivity index (χ3v) is 4.77. The molecule has 3 heterocycles. The van der Waals surface area contributed by atoms with Crippen molar-refractivity contribution in [3.8, 4) is 0 Å². The van der Waals surface area contributed by atoms with Crippen LogP contribution in [-0.4, -0.2) is 42.4 Å². The molecule has 0 saturated carbocycles. The first kappa shape index (κ1) is 12.6. The number of carbonyl (C=O) groups is 2. The molecule has 1 aromatic rings. The van der Waals surface area contributed by atoms with Gasteiger partial charge >= 0.3 is 0 Å². The predicted molar refractivity (Wildman–Crippen MR) is 78.9 cm³/mol. The Bertz CT molecular complexity index is 630.